The van der Waals surface area contributed by atoms with Gasteiger partial charge in [-0.2, -0.15) is 0 Å². The van der Waals surface area contributed by atoms with Gasteiger partial charge in [0.15, 0.2) is 0 Å². The summed E-state index contributed by atoms with van der Waals surface area (Å²) in [5, 5.41) is 7.48. The highest BCUT2D eigenvalue weighted by Crippen LogP contribution is 2.23. The number of hydrogen-bond donors (Lipinski definition) is 2. The molecule has 0 bridgehead atoms. The Morgan fingerprint density at radius 3 is 2.12 bits per heavy atom. The quantitative estimate of drug-likeness (QED) is 0.416. The van der Waals surface area contributed by atoms with Crippen LogP contribution in [0.5, 0.6) is 0 Å². The molecule has 0 aliphatic heterocycles. The van der Waals surface area contributed by atoms with Gasteiger partial charge in [0.05, 0.1) is 11.4 Å². The third kappa shape index (κ3) is 3.55. The van der Waals surface area contributed by atoms with Gasteiger partial charge in [-0.3, -0.25) is 0 Å². The van der Waals surface area contributed by atoms with Crippen molar-refractivity contribution in [2.24, 2.45) is 5.16 Å². The van der Waals surface area contributed by atoms with E-state index in [0.717, 1.165) is 28.2 Å². The van der Waals surface area contributed by atoms with Crippen LogP contribution in [0.3, 0.4) is 0 Å². The van der Waals surface area contributed by atoms with Gasteiger partial charge in [-0.15, -0.1) is 0 Å². The maximum atomic E-state index is 5.96. The Labute approximate surface area is 141 Å². The average molecular weight is 317 g/mol. The third-order valence-electron chi connectivity index (χ3n) is 3.63. The van der Waals surface area contributed by atoms with Gasteiger partial charge in [0, 0.05) is 16.8 Å². The summed E-state index contributed by atoms with van der Waals surface area (Å²) in [6.45, 7) is 0. The van der Waals surface area contributed by atoms with Crippen LogP contribution >= 0.6 is 0 Å². The second kappa shape index (κ2) is 7.33. The zero-order valence-corrected chi connectivity index (χ0v) is 13.4. The molecule has 3 rings (SSSR count). The van der Waals surface area contributed by atoms with Gasteiger partial charge in [0.25, 0.3) is 0 Å². The minimum absolute atomic E-state index is 0.715. The van der Waals surface area contributed by atoms with Crippen molar-refractivity contribution >= 4 is 22.8 Å². The summed E-state index contributed by atoms with van der Waals surface area (Å²) in [6.07, 6.45) is 0. The minimum Gasteiger partial charge on any atom is -0.399 e. The number of benzene rings is 3. The van der Waals surface area contributed by atoms with Gasteiger partial charge in [0.2, 0.25) is 0 Å². The molecule has 0 fully saturated rings. The van der Waals surface area contributed by atoms with E-state index in [4.69, 9.17) is 10.6 Å². The zero-order valence-electron chi connectivity index (χ0n) is 13.4. The van der Waals surface area contributed by atoms with Crippen molar-refractivity contribution in [1.29, 1.82) is 0 Å². The Balaban J connectivity index is 1.85. The maximum Gasteiger partial charge on any atom is 0.117 e. The third-order valence-corrected chi connectivity index (χ3v) is 3.63. The lowest BCUT2D eigenvalue weighted by atomic mass is 10.0. The van der Waals surface area contributed by atoms with Crippen molar-refractivity contribution in [2.75, 3.05) is 18.2 Å². The molecule has 0 amide bonds. The van der Waals surface area contributed by atoms with Crippen molar-refractivity contribution in [3.8, 4) is 0 Å². The number of nitrogens with zero attached hydrogens (tertiary/aromatic N) is 1. The number of nitrogens with two attached hydrogens (primary N) is 1. The first-order valence-corrected chi connectivity index (χ1v) is 7.66. The molecule has 0 saturated heterocycles. The summed E-state index contributed by atoms with van der Waals surface area (Å²) in [5.74, 6) is 0. The minimum atomic E-state index is 0.715. The highest BCUT2D eigenvalue weighted by Gasteiger charge is 2.08. The van der Waals surface area contributed by atoms with Crippen molar-refractivity contribution in [3.63, 3.8) is 0 Å². The van der Waals surface area contributed by atoms with Gasteiger partial charge in [-0.25, -0.2) is 0 Å². The van der Waals surface area contributed by atoms with Gasteiger partial charge in [0.1, 0.15) is 12.8 Å². The van der Waals surface area contributed by atoms with Gasteiger partial charge < -0.3 is 15.9 Å². The van der Waals surface area contributed by atoms with Crippen LogP contribution < -0.4 is 11.1 Å². The first-order valence-electron chi connectivity index (χ1n) is 7.66. The Kier molecular flexibility index (Phi) is 4.77. The second-order valence-electron chi connectivity index (χ2n) is 5.28. The number of nitrogens with one attached hydrogen (secondary N) is 1. The number of oxime groups is 1. The number of nitrogen functional groups attached to an aromatic ring is 1. The Morgan fingerprint density at radius 2 is 1.46 bits per heavy atom. The zero-order chi connectivity index (χ0) is 16.8. The summed E-state index contributed by atoms with van der Waals surface area (Å²) in [5.41, 5.74) is 11.3. The van der Waals surface area contributed by atoms with Crippen molar-refractivity contribution in [3.05, 3.63) is 90.0 Å². The monoisotopic (exact) mass is 317 g/mol. The molecule has 0 aliphatic carbocycles. The van der Waals surface area contributed by atoms with Crippen LogP contribution in [0, 0.1) is 0 Å². The fraction of sp³-hybridized carbons (Fsp3) is 0.0500. The molecule has 0 spiro atoms. The summed E-state index contributed by atoms with van der Waals surface area (Å²) in [7, 11) is 1.55. The molecule has 4 heteroatoms. The van der Waals surface area contributed by atoms with Crippen LogP contribution in [-0.4, -0.2) is 12.8 Å². The van der Waals surface area contributed by atoms with E-state index >= 15 is 0 Å². The standard InChI is InChI=1S/C20H19N3O/c1-24-23-20(15-7-3-2-4-8-15)16-11-13-17(14-12-16)22-19-10-6-5-9-18(19)21/h2-14,22H,21H2,1H3. The predicted octanol–water partition coefficient (Wildman–Crippen LogP) is 4.41. The number of rotatable bonds is 5. The second-order valence-corrected chi connectivity index (χ2v) is 5.28. The van der Waals surface area contributed by atoms with Crippen LogP contribution in [0.4, 0.5) is 17.1 Å². The fourth-order valence-electron chi connectivity index (χ4n) is 2.44. The predicted molar refractivity (Wildman–Crippen MR) is 99.7 cm³/mol. The summed E-state index contributed by atoms with van der Waals surface area (Å²) >= 11 is 0. The van der Waals surface area contributed by atoms with E-state index in [-0.39, 0.29) is 0 Å². The molecule has 0 aromatic heterocycles. The van der Waals surface area contributed by atoms with E-state index in [0.29, 0.717) is 5.69 Å². The topological polar surface area (TPSA) is 59.6 Å². The molecule has 120 valence electrons. The molecular formula is C20H19N3O. The summed E-state index contributed by atoms with van der Waals surface area (Å²) in [6, 6.07) is 25.6. The molecule has 24 heavy (non-hydrogen) atoms. The average Bonchev–Trinajstić information content (AvgIpc) is 2.63. The largest absolute Gasteiger partial charge is 0.399 e. The highest BCUT2D eigenvalue weighted by molar-refractivity contribution is 6.12. The van der Waals surface area contributed by atoms with Crippen molar-refractivity contribution in [2.45, 2.75) is 0 Å². The van der Waals surface area contributed by atoms with E-state index in [1.54, 1.807) is 7.11 Å². The van der Waals surface area contributed by atoms with E-state index in [2.05, 4.69) is 10.5 Å². The summed E-state index contributed by atoms with van der Waals surface area (Å²) < 4.78 is 0. The van der Waals surface area contributed by atoms with Crippen LogP contribution in [0.25, 0.3) is 0 Å². The number of anilines is 3. The lowest BCUT2D eigenvalue weighted by Gasteiger charge is -2.11. The van der Waals surface area contributed by atoms with Crippen molar-refractivity contribution in [1.82, 2.24) is 0 Å². The Hall–Kier alpha value is -3.27. The fourth-order valence-corrected chi connectivity index (χ4v) is 2.44. The smallest absolute Gasteiger partial charge is 0.117 e. The first-order chi connectivity index (χ1) is 11.8. The van der Waals surface area contributed by atoms with E-state index in [1.807, 2.05) is 78.9 Å². The maximum absolute atomic E-state index is 5.96. The van der Waals surface area contributed by atoms with E-state index in [1.165, 1.54) is 0 Å². The highest BCUT2D eigenvalue weighted by atomic mass is 16.6. The number of para-hydroxylation sites is 2. The molecule has 3 aromatic carbocycles. The molecule has 0 saturated carbocycles. The van der Waals surface area contributed by atoms with Gasteiger partial charge >= 0.3 is 0 Å². The molecule has 0 atom stereocenters. The lowest BCUT2D eigenvalue weighted by Crippen LogP contribution is -2.04. The molecule has 0 radical (unpaired) electrons. The molecular weight excluding hydrogens is 298 g/mol. The van der Waals surface area contributed by atoms with Gasteiger partial charge in [-0.1, -0.05) is 59.8 Å². The number of hydrogen-bond acceptors (Lipinski definition) is 4. The normalized spacial score (nSPS) is 11.1. The molecule has 3 aromatic rings. The van der Waals surface area contributed by atoms with Gasteiger partial charge in [-0.05, 0) is 24.3 Å². The van der Waals surface area contributed by atoms with Crippen LogP contribution in [-0.2, 0) is 4.84 Å². The molecule has 3 N–H and O–H groups in total. The molecule has 0 aliphatic rings. The Morgan fingerprint density at radius 1 is 0.833 bits per heavy atom. The van der Waals surface area contributed by atoms with Crippen LogP contribution in [0.15, 0.2) is 84.0 Å². The lowest BCUT2D eigenvalue weighted by molar-refractivity contribution is 0.214. The Bertz CT molecular complexity index is 827. The van der Waals surface area contributed by atoms with E-state index < -0.39 is 0 Å². The van der Waals surface area contributed by atoms with Crippen LogP contribution in [0.1, 0.15) is 11.1 Å². The van der Waals surface area contributed by atoms with Crippen LogP contribution in [0.2, 0.25) is 0 Å². The SMILES string of the molecule is CON=C(c1ccccc1)c1ccc(Nc2ccccc2N)cc1. The molecule has 4 nitrogen and oxygen atoms in total. The van der Waals surface area contributed by atoms with E-state index in [9.17, 15) is 0 Å². The first kappa shape index (κ1) is 15.6. The molecule has 0 heterocycles. The van der Waals surface area contributed by atoms with Crippen molar-refractivity contribution < 1.29 is 4.84 Å². The molecule has 0 unspecified atom stereocenters. The summed E-state index contributed by atoms with van der Waals surface area (Å²) in [4.78, 5) is 5.01.